The Balaban J connectivity index is 1.76. The number of ether oxygens (including phenoxy) is 3. The molecule has 1 amide bonds. The highest BCUT2D eigenvalue weighted by Gasteiger charge is 2.55. The van der Waals surface area contributed by atoms with Crippen molar-refractivity contribution in [3.05, 3.63) is 53.6 Å². The molecule has 166 valence electrons. The van der Waals surface area contributed by atoms with E-state index in [0.717, 1.165) is 17.5 Å². The minimum absolute atomic E-state index is 0.0336. The van der Waals surface area contributed by atoms with Crippen LogP contribution in [0.15, 0.2) is 42.5 Å². The Kier molecular flexibility index (Phi) is 6.31. The summed E-state index contributed by atoms with van der Waals surface area (Å²) in [6.45, 7) is 1.15. The number of likely N-dealkylation sites (tertiary alicyclic amines) is 1. The van der Waals surface area contributed by atoms with Crippen LogP contribution in [0.1, 0.15) is 29.6 Å². The fraction of sp³-hybridized carbons (Fsp3) is 0.435. The quantitative estimate of drug-likeness (QED) is 0.556. The lowest BCUT2D eigenvalue weighted by Crippen LogP contribution is -2.41. The summed E-state index contributed by atoms with van der Waals surface area (Å²) in [6.07, 6.45) is 0.736. The second-order valence-corrected chi connectivity index (χ2v) is 7.82. The molecule has 4 rings (SSSR count). The topological polar surface area (TPSA) is 92.3 Å². The molecule has 2 aliphatic heterocycles. The van der Waals surface area contributed by atoms with E-state index in [1.165, 1.54) is 0 Å². The molecule has 3 N–H and O–H groups in total. The van der Waals surface area contributed by atoms with Gasteiger partial charge in [-0.15, -0.1) is 0 Å². The number of aromatic hydroxyl groups is 1. The number of fused-ring (bicyclic) bond motifs is 1. The van der Waals surface area contributed by atoms with Crippen LogP contribution in [0, 0.1) is 5.92 Å². The molecule has 0 aromatic heterocycles. The van der Waals surface area contributed by atoms with Gasteiger partial charge in [0, 0.05) is 31.7 Å². The Bertz CT molecular complexity index is 937. The van der Waals surface area contributed by atoms with E-state index >= 15 is 0 Å². The van der Waals surface area contributed by atoms with Crippen molar-refractivity contribution in [1.29, 1.82) is 0 Å². The van der Waals surface area contributed by atoms with Crippen LogP contribution in [0.4, 0.5) is 0 Å². The summed E-state index contributed by atoms with van der Waals surface area (Å²) in [5.41, 5.74) is 8.15. The monoisotopic (exact) mass is 427 g/mol. The largest absolute Gasteiger partial charge is 0.508 e. The molecule has 0 spiro atoms. The van der Waals surface area contributed by atoms with E-state index in [0.29, 0.717) is 24.7 Å². The Morgan fingerprint density at radius 1 is 1.00 bits per heavy atom. The van der Waals surface area contributed by atoms with E-state index in [1.807, 2.05) is 35.2 Å². The van der Waals surface area contributed by atoms with Gasteiger partial charge >= 0.3 is 0 Å². The zero-order valence-electron chi connectivity index (χ0n) is 18.0. The molecule has 0 radical (unpaired) electrons. The van der Waals surface area contributed by atoms with Gasteiger partial charge in [0.05, 0.1) is 26.3 Å². The lowest BCUT2D eigenvalue weighted by molar-refractivity contribution is -0.131. The maximum absolute atomic E-state index is 13.4. The van der Waals surface area contributed by atoms with Crippen LogP contribution in [-0.4, -0.2) is 56.4 Å². The van der Waals surface area contributed by atoms with Crippen molar-refractivity contribution in [2.45, 2.75) is 24.5 Å². The number of hydrogen-bond acceptors (Lipinski definition) is 7. The molecule has 8 heteroatoms. The molecule has 31 heavy (non-hydrogen) atoms. The summed E-state index contributed by atoms with van der Waals surface area (Å²) in [4.78, 5) is 15.3. The van der Waals surface area contributed by atoms with Crippen molar-refractivity contribution in [3.63, 3.8) is 0 Å². The summed E-state index contributed by atoms with van der Waals surface area (Å²) in [6, 6.07) is 12.2. The fourth-order valence-electron chi connectivity index (χ4n) is 4.78. The van der Waals surface area contributed by atoms with Crippen molar-refractivity contribution in [2.24, 2.45) is 5.92 Å². The molecule has 2 fully saturated rings. The average Bonchev–Trinajstić information content (AvgIpc) is 3.33. The number of amides is 1. The zero-order chi connectivity index (χ0) is 22.0. The molecule has 4 unspecified atom stereocenters. The molecule has 8 nitrogen and oxygen atoms in total. The first-order valence-electron chi connectivity index (χ1n) is 10.4. The number of para-hydroxylation sites is 1. The van der Waals surface area contributed by atoms with Crippen LogP contribution in [0.2, 0.25) is 0 Å². The van der Waals surface area contributed by atoms with Gasteiger partial charge < -0.3 is 24.2 Å². The standard InChI is InChI=1S/C23H29N3O5/c1-29-12-6-11-26-22(14-9-10-17(30-2)18(13-14)31-3)19-20(24-25-21(19)23(26)28)15-7-4-5-8-16(15)27/h4-5,7-10,13,19-22,24-25,27H,6,11-12H2,1-3H3. The first-order chi connectivity index (χ1) is 15.1. The minimum atomic E-state index is -0.398. The first kappa shape index (κ1) is 21.4. The number of carbonyl (C=O) groups is 1. The van der Waals surface area contributed by atoms with E-state index in [2.05, 4.69) is 10.9 Å². The number of hydrazine groups is 1. The second-order valence-electron chi connectivity index (χ2n) is 7.82. The molecular formula is C23H29N3O5. The molecule has 2 aromatic rings. The minimum Gasteiger partial charge on any atom is -0.508 e. The Morgan fingerprint density at radius 3 is 2.45 bits per heavy atom. The maximum Gasteiger partial charge on any atom is 0.242 e. The summed E-state index contributed by atoms with van der Waals surface area (Å²) in [5, 5.41) is 10.5. The van der Waals surface area contributed by atoms with Gasteiger partial charge in [-0.3, -0.25) is 4.79 Å². The normalized spacial score (nSPS) is 25.0. The predicted molar refractivity (Wildman–Crippen MR) is 115 cm³/mol. The van der Waals surface area contributed by atoms with Gasteiger partial charge in [-0.05, 0) is 30.2 Å². The van der Waals surface area contributed by atoms with Crippen LogP contribution in [-0.2, 0) is 9.53 Å². The highest BCUT2D eigenvalue weighted by atomic mass is 16.5. The molecule has 0 bridgehead atoms. The summed E-state index contributed by atoms with van der Waals surface area (Å²) in [7, 11) is 4.86. The van der Waals surface area contributed by atoms with E-state index in [-0.39, 0.29) is 29.7 Å². The third kappa shape index (κ3) is 3.82. The highest BCUT2D eigenvalue weighted by Crippen LogP contribution is 2.49. The van der Waals surface area contributed by atoms with Gasteiger partial charge in [0.15, 0.2) is 11.5 Å². The van der Waals surface area contributed by atoms with Gasteiger partial charge in [0.2, 0.25) is 5.91 Å². The van der Waals surface area contributed by atoms with Crippen molar-refractivity contribution in [1.82, 2.24) is 15.8 Å². The van der Waals surface area contributed by atoms with Gasteiger partial charge in [0.25, 0.3) is 0 Å². The number of phenolic OH excluding ortho intramolecular Hbond substituents is 1. The number of phenols is 1. The highest BCUT2D eigenvalue weighted by molar-refractivity contribution is 5.86. The number of hydrogen-bond donors (Lipinski definition) is 3. The third-order valence-corrected chi connectivity index (χ3v) is 6.18. The number of benzene rings is 2. The third-order valence-electron chi connectivity index (χ3n) is 6.18. The van der Waals surface area contributed by atoms with E-state index in [1.54, 1.807) is 33.5 Å². The molecule has 0 saturated carbocycles. The van der Waals surface area contributed by atoms with E-state index in [4.69, 9.17) is 14.2 Å². The van der Waals surface area contributed by atoms with E-state index in [9.17, 15) is 9.90 Å². The Labute approximate surface area is 182 Å². The summed E-state index contributed by atoms with van der Waals surface area (Å²) in [5.74, 6) is 1.37. The second kappa shape index (κ2) is 9.13. The lowest BCUT2D eigenvalue weighted by atomic mass is 9.83. The van der Waals surface area contributed by atoms with Crippen molar-refractivity contribution < 1.29 is 24.1 Å². The fourth-order valence-corrected chi connectivity index (χ4v) is 4.78. The molecule has 2 aliphatic rings. The van der Waals surface area contributed by atoms with E-state index < -0.39 is 6.04 Å². The van der Waals surface area contributed by atoms with Crippen LogP contribution in [0.5, 0.6) is 17.2 Å². The summed E-state index contributed by atoms with van der Waals surface area (Å²) < 4.78 is 16.1. The lowest BCUT2D eigenvalue weighted by Gasteiger charge is -2.31. The number of carbonyl (C=O) groups excluding carboxylic acids is 1. The molecule has 2 aromatic carbocycles. The number of rotatable bonds is 8. The molecule has 2 saturated heterocycles. The number of nitrogens with zero attached hydrogens (tertiary/aromatic N) is 1. The van der Waals surface area contributed by atoms with Crippen LogP contribution >= 0.6 is 0 Å². The number of methoxy groups -OCH3 is 3. The van der Waals surface area contributed by atoms with Gasteiger partial charge in [-0.2, -0.15) is 0 Å². The predicted octanol–water partition coefficient (Wildman–Crippen LogP) is 2.16. The smallest absolute Gasteiger partial charge is 0.242 e. The summed E-state index contributed by atoms with van der Waals surface area (Å²) >= 11 is 0. The van der Waals surface area contributed by atoms with Crippen molar-refractivity contribution in [2.75, 3.05) is 34.5 Å². The van der Waals surface area contributed by atoms with Gasteiger partial charge in [0.1, 0.15) is 11.8 Å². The van der Waals surface area contributed by atoms with Crippen LogP contribution in [0.3, 0.4) is 0 Å². The Morgan fingerprint density at radius 2 is 1.74 bits per heavy atom. The van der Waals surface area contributed by atoms with Crippen LogP contribution in [0.25, 0.3) is 0 Å². The molecule has 4 atom stereocenters. The molecule has 0 aliphatic carbocycles. The van der Waals surface area contributed by atoms with Crippen LogP contribution < -0.4 is 20.3 Å². The zero-order valence-corrected chi connectivity index (χ0v) is 18.0. The Hall–Kier alpha value is -2.81. The SMILES string of the molecule is COCCCN1C(=O)C2NNC(c3ccccc3O)C2C1c1ccc(OC)c(OC)c1. The maximum atomic E-state index is 13.4. The van der Waals surface area contributed by atoms with Gasteiger partial charge in [-0.1, -0.05) is 24.3 Å². The average molecular weight is 428 g/mol. The molecular weight excluding hydrogens is 398 g/mol. The van der Waals surface area contributed by atoms with Crippen molar-refractivity contribution >= 4 is 5.91 Å². The molecule has 2 heterocycles. The first-order valence-corrected chi connectivity index (χ1v) is 10.4. The van der Waals surface area contributed by atoms with Crippen molar-refractivity contribution in [3.8, 4) is 17.2 Å². The number of nitrogens with one attached hydrogen (secondary N) is 2. The van der Waals surface area contributed by atoms with Gasteiger partial charge in [-0.25, -0.2) is 10.9 Å².